The van der Waals surface area contributed by atoms with Gasteiger partial charge in [-0.2, -0.15) is 0 Å². The Hall–Kier alpha value is -6.76. The monoisotopic (exact) mass is 758 g/mol. The molecule has 0 saturated heterocycles. The van der Waals surface area contributed by atoms with Crippen LogP contribution < -0.4 is 0 Å². The Morgan fingerprint density at radius 3 is 1.58 bits per heavy atom. The highest BCUT2D eigenvalue weighted by atomic mass is 14.5. The quantitative estimate of drug-likeness (QED) is 0.157. The fourth-order valence-corrected chi connectivity index (χ4v) is 9.82. The van der Waals surface area contributed by atoms with Crippen LogP contribution >= 0.6 is 0 Å². The van der Waals surface area contributed by atoms with E-state index in [1.165, 1.54) is 88.3 Å². The third-order valence-corrected chi connectivity index (χ3v) is 12.5. The second kappa shape index (κ2) is 15.9. The highest BCUT2D eigenvalue weighted by Gasteiger charge is 2.53. The van der Waals surface area contributed by atoms with Crippen molar-refractivity contribution >= 4 is 27.6 Å². The second-order valence-corrected chi connectivity index (χ2v) is 16.5. The minimum Gasteiger partial charge on any atom is -0.0795 e. The molecule has 0 bridgehead atoms. The standard InChI is InChI=1S/C37H30.C15H12.C7H8/c1-36(2)30-21-8-10-23-32(30)37(33-24-11-9-22-31(33)36)29-20-7-6-19-28(29)35-27(18-13-25-34(35)37)17-12-16-26-14-4-3-5-15-26;1-11-10-12-6-2-3-8-14(12)15-9-5-4-7-13(11)15;1-7-5-3-2-4-6-7/h3-16,18-25H,17H2,1-2H3;2-10H,1H3;2-6H,1H3/b16-12+;;. The van der Waals surface area contributed by atoms with Crippen molar-refractivity contribution in [2.45, 2.75) is 44.9 Å². The minimum absolute atomic E-state index is 0.0633. The highest BCUT2D eigenvalue weighted by molar-refractivity contribution is 6.08. The normalized spacial score (nSPS) is 13.7. The summed E-state index contributed by atoms with van der Waals surface area (Å²) in [6.07, 6.45) is 5.45. The molecular weight excluding hydrogens is 709 g/mol. The van der Waals surface area contributed by atoms with Crippen LogP contribution in [0.1, 0.15) is 69.5 Å². The van der Waals surface area contributed by atoms with Crippen LogP contribution in [0.2, 0.25) is 0 Å². The van der Waals surface area contributed by atoms with Crippen LogP contribution in [0.3, 0.4) is 0 Å². The predicted octanol–water partition coefficient (Wildman–Crippen LogP) is 15.2. The Morgan fingerprint density at radius 2 is 0.932 bits per heavy atom. The summed E-state index contributed by atoms with van der Waals surface area (Å²) < 4.78 is 0. The van der Waals surface area contributed by atoms with Crippen molar-refractivity contribution in [1.29, 1.82) is 0 Å². The molecule has 286 valence electrons. The molecule has 1 spiro atoms. The predicted molar refractivity (Wildman–Crippen MR) is 252 cm³/mol. The van der Waals surface area contributed by atoms with Crippen LogP contribution in [0.4, 0.5) is 0 Å². The number of hydrogen-bond acceptors (Lipinski definition) is 0. The molecular formula is C59H50. The fraction of sp³-hybridized carbons (Fsp3) is 0.119. The summed E-state index contributed by atoms with van der Waals surface area (Å²) in [5.74, 6) is 0. The van der Waals surface area contributed by atoms with Gasteiger partial charge in [0.05, 0.1) is 5.41 Å². The van der Waals surface area contributed by atoms with E-state index in [2.05, 4.69) is 228 Å². The molecule has 0 unspecified atom stereocenters. The summed E-state index contributed by atoms with van der Waals surface area (Å²) >= 11 is 0. The number of allylic oxidation sites excluding steroid dienone is 1. The molecule has 0 aliphatic heterocycles. The van der Waals surface area contributed by atoms with E-state index >= 15 is 0 Å². The maximum absolute atomic E-state index is 2.38. The number of rotatable bonds is 3. The van der Waals surface area contributed by atoms with Crippen LogP contribution in [-0.2, 0) is 17.3 Å². The van der Waals surface area contributed by atoms with Gasteiger partial charge in [-0.25, -0.2) is 0 Å². The van der Waals surface area contributed by atoms with E-state index in [0.29, 0.717) is 0 Å². The molecule has 0 heterocycles. The van der Waals surface area contributed by atoms with E-state index in [1.807, 2.05) is 18.2 Å². The first kappa shape index (κ1) is 37.8. The lowest BCUT2D eigenvalue weighted by Gasteiger charge is -2.46. The van der Waals surface area contributed by atoms with E-state index in [1.54, 1.807) is 0 Å². The number of benzene rings is 9. The Kier molecular flexibility index (Phi) is 10.2. The number of fused-ring (bicyclic) bond motifs is 12. The van der Waals surface area contributed by atoms with Gasteiger partial charge in [0.2, 0.25) is 0 Å². The maximum Gasteiger partial charge on any atom is 0.0719 e. The van der Waals surface area contributed by atoms with E-state index in [9.17, 15) is 0 Å². The third kappa shape index (κ3) is 6.69. The molecule has 0 nitrogen and oxygen atoms in total. The smallest absolute Gasteiger partial charge is 0.0719 e. The van der Waals surface area contributed by atoms with Crippen molar-refractivity contribution in [3.63, 3.8) is 0 Å². The van der Waals surface area contributed by atoms with E-state index < -0.39 is 0 Å². The molecule has 9 aromatic rings. The summed E-state index contributed by atoms with van der Waals surface area (Å²) in [6, 6.07) is 74.6. The lowest BCUT2D eigenvalue weighted by atomic mass is 9.55. The molecule has 2 aliphatic carbocycles. The van der Waals surface area contributed by atoms with Crippen molar-refractivity contribution in [2.75, 3.05) is 0 Å². The third-order valence-electron chi connectivity index (χ3n) is 12.5. The van der Waals surface area contributed by atoms with Gasteiger partial charge in [0.1, 0.15) is 0 Å². The van der Waals surface area contributed by atoms with E-state index in [0.717, 1.165) is 6.42 Å². The van der Waals surface area contributed by atoms with Crippen LogP contribution in [0.15, 0.2) is 212 Å². The first-order valence-corrected chi connectivity index (χ1v) is 20.9. The van der Waals surface area contributed by atoms with Gasteiger partial charge in [-0.15, -0.1) is 0 Å². The largest absolute Gasteiger partial charge is 0.0795 e. The van der Waals surface area contributed by atoms with Gasteiger partial charge in [-0.05, 0) is 103 Å². The van der Waals surface area contributed by atoms with Crippen molar-refractivity contribution in [3.8, 4) is 11.1 Å². The first-order chi connectivity index (χ1) is 28.9. The molecule has 0 atom stereocenters. The van der Waals surface area contributed by atoms with Crippen LogP contribution in [0.5, 0.6) is 0 Å². The van der Waals surface area contributed by atoms with Gasteiger partial charge in [0.25, 0.3) is 0 Å². The van der Waals surface area contributed by atoms with E-state index in [4.69, 9.17) is 0 Å². The zero-order valence-corrected chi connectivity index (χ0v) is 34.5. The molecule has 11 rings (SSSR count). The van der Waals surface area contributed by atoms with Crippen molar-refractivity contribution in [3.05, 3.63) is 268 Å². The number of hydrogen-bond donors (Lipinski definition) is 0. The van der Waals surface area contributed by atoms with Gasteiger partial charge >= 0.3 is 0 Å². The summed E-state index contributed by atoms with van der Waals surface area (Å²) in [7, 11) is 0. The van der Waals surface area contributed by atoms with Gasteiger partial charge in [0, 0.05) is 5.41 Å². The molecule has 9 aromatic carbocycles. The lowest BCUT2D eigenvalue weighted by Crippen LogP contribution is -2.40. The lowest BCUT2D eigenvalue weighted by molar-refractivity contribution is 0.563. The Morgan fingerprint density at radius 1 is 0.424 bits per heavy atom. The van der Waals surface area contributed by atoms with Crippen LogP contribution in [0, 0.1) is 13.8 Å². The Bertz CT molecular complexity index is 2900. The first-order valence-electron chi connectivity index (χ1n) is 20.9. The molecule has 0 amide bonds. The van der Waals surface area contributed by atoms with Crippen LogP contribution in [0.25, 0.3) is 38.7 Å². The minimum atomic E-state index is -0.312. The van der Waals surface area contributed by atoms with Crippen LogP contribution in [-0.4, -0.2) is 0 Å². The SMILES string of the molecule is CC1(C)c2ccccc2C2(c3ccccc3-c3c(C/C=C/c4ccccc4)cccc32)c2ccccc21.Cc1cc2ccccc2c2ccccc12.Cc1ccccc1. The molecule has 0 radical (unpaired) electrons. The fourth-order valence-electron chi connectivity index (χ4n) is 9.82. The van der Waals surface area contributed by atoms with E-state index in [-0.39, 0.29) is 10.8 Å². The molecule has 59 heavy (non-hydrogen) atoms. The molecule has 0 fully saturated rings. The average Bonchev–Trinajstić information content (AvgIpc) is 3.58. The van der Waals surface area contributed by atoms with Gasteiger partial charge in [0.15, 0.2) is 0 Å². The number of aryl methyl sites for hydroxylation is 2. The summed E-state index contributed by atoms with van der Waals surface area (Å²) in [4.78, 5) is 0. The summed E-state index contributed by atoms with van der Waals surface area (Å²) in [5.41, 5.74) is 16.2. The Labute approximate surface area is 350 Å². The van der Waals surface area contributed by atoms with Crippen molar-refractivity contribution < 1.29 is 0 Å². The molecule has 0 heteroatoms. The zero-order chi connectivity index (χ0) is 40.4. The Balaban J connectivity index is 0.000000166. The molecule has 0 saturated carbocycles. The zero-order valence-electron chi connectivity index (χ0n) is 34.5. The molecule has 0 aromatic heterocycles. The van der Waals surface area contributed by atoms with Crippen molar-refractivity contribution in [1.82, 2.24) is 0 Å². The topological polar surface area (TPSA) is 0 Å². The molecule has 2 aliphatic rings. The van der Waals surface area contributed by atoms with Gasteiger partial charge < -0.3 is 0 Å². The maximum atomic E-state index is 2.38. The summed E-state index contributed by atoms with van der Waals surface area (Å²) in [6.45, 7) is 9.02. The molecule has 0 N–H and O–H groups in total. The second-order valence-electron chi connectivity index (χ2n) is 16.5. The average molecular weight is 759 g/mol. The van der Waals surface area contributed by atoms with Gasteiger partial charge in [-0.3, -0.25) is 0 Å². The van der Waals surface area contributed by atoms with Crippen molar-refractivity contribution in [2.24, 2.45) is 0 Å². The van der Waals surface area contributed by atoms with Gasteiger partial charge in [-0.1, -0.05) is 238 Å². The highest BCUT2D eigenvalue weighted by Crippen LogP contribution is 2.62. The summed E-state index contributed by atoms with van der Waals surface area (Å²) in [5, 5.41) is 5.39.